The summed E-state index contributed by atoms with van der Waals surface area (Å²) in [5.41, 5.74) is 6.19. The van der Waals surface area contributed by atoms with E-state index < -0.39 is 10.0 Å². The van der Waals surface area contributed by atoms with Gasteiger partial charge in [0.15, 0.2) is 0 Å². The highest BCUT2D eigenvalue weighted by atomic mass is 35.5. The van der Waals surface area contributed by atoms with Crippen LogP contribution in [0, 0.1) is 11.3 Å². The van der Waals surface area contributed by atoms with Crippen LogP contribution >= 0.6 is 23.2 Å². The molecule has 21 heavy (non-hydrogen) atoms. The largest absolute Gasteiger partial charge is 0.397 e. The van der Waals surface area contributed by atoms with Crippen molar-refractivity contribution in [2.45, 2.75) is 4.90 Å². The van der Waals surface area contributed by atoms with Gasteiger partial charge >= 0.3 is 0 Å². The first-order chi connectivity index (χ1) is 9.85. The second-order valence-corrected chi connectivity index (χ2v) is 6.56. The van der Waals surface area contributed by atoms with Gasteiger partial charge in [-0.25, -0.2) is 8.42 Å². The van der Waals surface area contributed by atoms with Crippen LogP contribution in [0.5, 0.6) is 0 Å². The molecule has 0 aliphatic carbocycles. The molecule has 0 atom stereocenters. The summed E-state index contributed by atoms with van der Waals surface area (Å²) in [5.74, 6) is 0. The van der Waals surface area contributed by atoms with Crippen LogP contribution in [0.25, 0.3) is 0 Å². The smallest absolute Gasteiger partial charge is 0.262 e. The Morgan fingerprint density at radius 1 is 1.14 bits per heavy atom. The van der Waals surface area contributed by atoms with E-state index in [0.717, 1.165) is 0 Å². The number of rotatable bonds is 3. The SMILES string of the molecule is N#Cc1ccc(S(=O)(=O)Nc2c(N)cccc2Cl)cc1Cl. The van der Waals surface area contributed by atoms with E-state index in [9.17, 15) is 8.42 Å². The molecule has 0 aliphatic heterocycles. The second-order valence-electron chi connectivity index (χ2n) is 4.06. The fourth-order valence-corrected chi connectivity index (χ4v) is 3.30. The van der Waals surface area contributed by atoms with Crippen molar-refractivity contribution < 1.29 is 8.42 Å². The minimum atomic E-state index is -3.91. The molecule has 2 aromatic carbocycles. The average Bonchev–Trinajstić information content (AvgIpc) is 2.43. The highest BCUT2D eigenvalue weighted by Gasteiger charge is 2.18. The molecular formula is C13H9Cl2N3O2S. The molecule has 0 amide bonds. The molecule has 108 valence electrons. The number of nitrogens with one attached hydrogen (secondary N) is 1. The third-order valence-electron chi connectivity index (χ3n) is 2.65. The van der Waals surface area contributed by atoms with Crippen LogP contribution in [0.4, 0.5) is 11.4 Å². The molecule has 0 saturated carbocycles. The molecule has 8 heteroatoms. The van der Waals surface area contributed by atoms with Gasteiger partial charge in [0.1, 0.15) is 6.07 Å². The van der Waals surface area contributed by atoms with Gasteiger partial charge in [0.2, 0.25) is 0 Å². The molecule has 0 spiro atoms. The monoisotopic (exact) mass is 341 g/mol. The summed E-state index contributed by atoms with van der Waals surface area (Å²) in [6.07, 6.45) is 0. The first-order valence-corrected chi connectivity index (χ1v) is 7.85. The van der Waals surface area contributed by atoms with Gasteiger partial charge in [-0.15, -0.1) is 0 Å². The number of hydrogen-bond acceptors (Lipinski definition) is 4. The van der Waals surface area contributed by atoms with Crippen molar-refractivity contribution in [3.8, 4) is 6.07 Å². The molecule has 3 N–H and O–H groups in total. The quantitative estimate of drug-likeness (QED) is 0.837. The summed E-state index contributed by atoms with van der Waals surface area (Å²) in [5, 5.41) is 9.01. The van der Waals surface area contributed by atoms with Gasteiger partial charge in [0.25, 0.3) is 10.0 Å². The third-order valence-corrected chi connectivity index (χ3v) is 4.63. The van der Waals surface area contributed by atoms with Crippen LogP contribution in [0.1, 0.15) is 5.56 Å². The Kier molecular flexibility index (Phi) is 4.28. The molecule has 0 fully saturated rings. The van der Waals surface area contributed by atoms with Crippen molar-refractivity contribution in [1.29, 1.82) is 5.26 Å². The van der Waals surface area contributed by atoms with E-state index in [1.807, 2.05) is 6.07 Å². The Bertz CT molecular complexity index is 825. The fraction of sp³-hybridized carbons (Fsp3) is 0. The summed E-state index contributed by atoms with van der Waals surface area (Å²) in [6.45, 7) is 0. The number of hydrogen-bond donors (Lipinski definition) is 2. The zero-order chi connectivity index (χ0) is 15.6. The maximum atomic E-state index is 12.3. The number of benzene rings is 2. The molecule has 2 aromatic rings. The third kappa shape index (κ3) is 3.22. The first-order valence-electron chi connectivity index (χ1n) is 5.61. The maximum Gasteiger partial charge on any atom is 0.262 e. The lowest BCUT2D eigenvalue weighted by molar-refractivity contribution is 0.601. The average molecular weight is 342 g/mol. The Labute approximate surface area is 132 Å². The van der Waals surface area contributed by atoms with Crippen LogP contribution in [-0.4, -0.2) is 8.42 Å². The molecule has 0 aromatic heterocycles. The van der Waals surface area contributed by atoms with Crippen LogP contribution in [0.15, 0.2) is 41.3 Å². The summed E-state index contributed by atoms with van der Waals surface area (Å²) >= 11 is 11.8. The molecular weight excluding hydrogens is 333 g/mol. The number of halogens is 2. The van der Waals surface area contributed by atoms with Crippen LogP contribution in [0.3, 0.4) is 0 Å². The standard InChI is InChI=1S/C13H9Cl2N3O2S/c14-10-2-1-3-12(17)13(10)18-21(19,20)9-5-4-8(7-16)11(15)6-9/h1-6,18H,17H2. The lowest BCUT2D eigenvalue weighted by atomic mass is 10.2. The van der Waals surface area contributed by atoms with Crippen molar-refractivity contribution in [2.75, 3.05) is 10.5 Å². The van der Waals surface area contributed by atoms with Crippen LogP contribution in [0.2, 0.25) is 10.0 Å². The maximum absolute atomic E-state index is 12.3. The Morgan fingerprint density at radius 2 is 1.86 bits per heavy atom. The molecule has 0 aliphatic rings. The Hall–Kier alpha value is -1.94. The number of sulfonamides is 1. The highest BCUT2D eigenvalue weighted by Crippen LogP contribution is 2.30. The lowest BCUT2D eigenvalue weighted by Crippen LogP contribution is -2.14. The zero-order valence-corrected chi connectivity index (χ0v) is 12.8. The molecule has 0 heterocycles. The van der Waals surface area contributed by atoms with E-state index in [-0.39, 0.29) is 31.9 Å². The Balaban J connectivity index is 2.44. The van der Waals surface area contributed by atoms with Gasteiger partial charge in [0.05, 0.1) is 31.9 Å². The zero-order valence-electron chi connectivity index (χ0n) is 10.5. The summed E-state index contributed by atoms with van der Waals surface area (Å²) in [7, 11) is -3.91. The molecule has 0 saturated heterocycles. The van der Waals surface area contributed by atoms with E-state index >= 15 is 0 Å². The second kappa shape index (κ2) is 5.82. The Morgan fingerprint density at radius 3 is 2.43 bits per heavy atom. The van der Waals surface area contributed by atoms with E-state index in [4.69, 9.17) is 34.2 Å². The minimum absolute atomic E-state index is 0.0486. The fourth-order valence-electron chi connectivity index (χ4n) is 1.60. The van der Waals surface area contributed by atoms with Gasteiger partial charge in [-0.1, -0.05) is 29.3 Å². The van der Waals surface area contributed by atoms with Gasteiger partial charge in [-0.05, 0) is 30.3 Å². The number of anilines is 2. The molecule has 5 nitrogen and oxygen atoms in total. The summed E-state index contributed by atoms with van der Waals surface area (Å²) in [6, 6.07) is 10.3. The number of nitrogens with zero attached hydrogens (tertiary/aromatic N) is 1. The highest BCUT2D eigenvalue weighted by molar-refractivity contribution is 7.92. The number of nitrogen functional groups attached to an aromatic ring is 1. The van der Waals surface area contributed by atoms with Gasteiger partial charge < -0.3 is 5.73 Å². The number of para-hydroxylation sites is 1. The van der Waals surface area contributed by atoms with Crippen molar-refractivity contribution in [3.05, 3.63) is 52.0 Å². The summed E-state index contributed by atoms with van der Waals surface area (Å²) in [4.78, 5) is -0.0918. The van der Waals surface area contributed by atoms with Crippen LogP contribution < -0.4 is 10.5 Å². The number of nitriles is 1. The van der Waals surface area contributed by atoms with Crippen molar-refractivity contribution in [1.82, 2.24) is 0 Å². The normalized spacial score (nSPS) is 10.9. The lowest BCUT2D eigenvalue weighted by Gasteiger charge is -2.12. The molecule has 0 radical (unpaired) electrons. The van der Waals surface area contributed by atoms with Crippen molar-refractivity contribution in [3.63, 3.8) is 0 Å². The molecule has 0 unspecified atom stereocenters. The van der Waals surface area contributed by atoms with Gasteiger partial charge in [-0.3, -0.25) is 4.72 Å². The summed E-state index contributed by atoms with van der Waals surface area (Å²) < 4.78 is 26.9. The topological polar surface area (TPSA) is 96.0 Å². The van der Waals surface area contributed by atoms with E-state index in [1.165, 1.54) is 30.3 Å². The first kappa shape index (κ1) is 15.4. The predicted molar refractivity (Wildman–Crippen MR) is 82.8 cm³/mol. The van der Waals surface area contributed by atoms with Gasteiger partial charge in [-0.2, -0.15) is 5.26 Å². The van der Waals surface area contributed by atoms with E-state index in [2.05, 4.69) is 4.72 Å². The minimum Gasteiger partial charge on any atom is -0.397 e. The van der Waals surface area contributed by atoms with Crippen molar-refractivity contribution >= 4 is 44.6 Å². The van der Waals surface area contributed by atoms with E-state index in [1.54, 1.807) is 6.07 Å². The van der Waals surface area contributed by atoms with Crippen LogP contribution in [-0.2, 0) is 10.0 Å². The molecule has 2 rings (SSSR count). The number of nitrogens with two attached hydrogens (primary N) is 1. The van der Waals surface area contributed by atoms with E-state index in [0.29, 0.717) is 0 Å². The van der Waals surface area contributed by atoms with Gasteiger partial charge in [0, 0.05) is 0 Å². The molecule has 0 bridgehead atoms. The van der Waals surface area contributed by atoms with Crippen molar-refractivity contribution in [2.24, 2.45) is 0 Å². The predicted octanol–water partition coefficient (Wildman–Crippen LogP) is 3.25.